The molecule has 3 rings (SSSR count). The van der Waals surface area contributed by atoms with Crippen LogP contribution in [0.4, 0.5) is 10.1 Å². The minimum Gasteiger partial charge on any atom is -0.381 e. The SMILES string of the molecule is O=C(CCOC1CCOCC1)Nc1ccc2c(c1F)CCNC2. The molecule has 1 aromatic rings. The largest absolute Gasteiger partial charge is 0.381 e. The van der Waals surface area contributed by atoms with Crippen molar-refractivity contribution < 1.29 is 18.7 Å². The molecule has 0 unspecified atom stereocenters. The summed E-state index contributed by atoms with van der Waals surface area (Å²) in [5.74, 6) is -0.521. The number of nitrogens with one attached hydrogen (secondary N) is 2. The minimum absolute atomic E-state index is 0.171. The van der Waals surface area contributed by atoms with Crippen molar-refractivity contribution >= 4 is 11.6 Å². The van der Waals surface area contributed by atoms with Gasteiger partial charge in [-0.25, -0.2) is 4.39 Å². The summed E-state index contributed by atoms with van der Waals surface area (Å²) in [5.41, 5.74) is 1.94. The van der Waals surface area contributed by atoms with Crippen molar-refractivity contribution in [2.24, 2.45) is 0 Å². The maximum Gasteiger partial charge on any atom is 0.226 e. The Balaban J connectivity index is 1.49. The first-order valence-corrected chi connectivity index (χ1v) is 8.24. The smallest absolute Gasteiger partial charge is 0.226 e. The quantitative estimate of drug-likeness (QED) is 0.870. The molecule has 0 radical (unpaired) electrons. The lowest BCUT2D eigenvalue weighted by Gasteiger charge is -2.22. The van der Waals surface area contributed by atoms with E-state index in [-0.39, 0.29) is 29.9 Å². The fraction of sp³-hybridized carbons (Fsp3) is 0.588. The van der Waals surface area contributed by atoms with E-state index in [1.807, 2.05) is 6.07 Å². The van der Waals surface area contributed by atoms with Crippen molar-refractivity contribution in [3.63, 3.8) is 0 Å². The van der Waals surface area contributed by atoms with Gasteiger partial charge in [0.15, 0.2) is 0 Å². The number of benzene rings is 1. The molecule has 0 bridgehead atoms. The van der Waals surface area contributed by atoms with E-state index in [1.165, 1.54) is 0 Å². The summed E-state index contributed by atoms with van der Waals surface area (Å²) in [5, 5.41) is 5.87. The summed E-state index contributed by atoms with van der Waals surface area (Å²) in [6, 6.07) is 3.51. The van der Waals surface area contributed by atoms with Gasteiger partial charge < -0.3 is 20.1 Å². The lowest BCUT2D eigenvalue weighted by atomic mass is 9.99. The Morgan fingerprint density at radius 1 is 1.39 bits per heavy atom. The van der Waals surface area contributed by atoms with Gasteiger partial charge in [-0.2, -0.15) is 0 Å². The molecule has 0 spiro atoms. The monoisotopic (exact) mass is 322 g/mol. The number of fused-ring (bicyclic) bond motifs is 1. The first-order chi connectivity index (χ1) is 11.2. The van der Waals surface area contributed by atoms with Crippen LogP contribution < -0.4 is 10.6 Å². The second-order valence-electron chi connectivity index (χ2n) is 5.97. The molecule has 5 nitrogen and oxygen atoms in total. The zero-order valence-electron chi connectivity index (χ0n) is 13.2. The number of carbonyl (C=O) groups is 1. The molecule has 6 heteroatoms. The van der Waals surface area contributed by atoms with E-state index in [4.69, 9.17) is 9.47 Å². The molecule has 2 N–H and O–H groups in total. The highest BCUT2D eigenvalue weighted by molar-refractivity contribution is 5.91. The van der Waals surface area contributed by atoms with Crippen molar-refractivity contribution in [3.05, 3.63) is 29.1 Å². The number of hydrogen-bond donors (Lipinski definition) is 2. The number of ether oxygens (including phenoxy) is 2. The van der Waals surface area contributed by atoms with Gasteiger partial charge in [-0.3, -0.25) is 4.79 Å². The third-order valence-corrected chi connectivity index (χ3v) is 4.33. The molecule has 2 aliphatic rings. The second kappa shape index (κ2) is 7.86. The Morgan fingerprint density at radius 2 is 2.22 bits per heavy atom. The van der Waals surface area contributed by atoms with Gasteiger partial charge in [0.25, 0.3) is 0 Å². The molecular weight excluding hydrogens is 299 g/mol. The van der Waals surface area contributed by atoms with Gasteiger partial charge >= 0.3 is 0 Å². The van der Waals surface area contributed by atoms with Gasteiger partial charge in [0.05, 0.1) is 24.8 Å². The highest BCUT2D eigenvalue weighted by Gasteiger charge is 2.18. The Hall–Kier alpha value is -1.50. The molecule has 0 aliphatic carbocycles. The van der Waals surface area contributed by atoms with Gasteiger partial charge in [-0.1, -0.05) is 6.07 Å². The summed E-state index contributed by atoms with van der Waals surface area (Å²) in [6.45, 7) is 3.23. The van der Waals surface area contributed by atoms with Gasteiger partial charge in [-0.15, -0.1) is 0 Å². The summed E-state index contributed by atoms with van der Waals surface area (Å²) in [6.07, 6.45) is 2.79. The number of hydrogen-bond acceptors (Lipinski definition) is 4. The number of carbonyl (C=O) groups excluding carboxylic acids is 1. The zero-order chi connectivity index (χ0) is 16.1. The van der Waals surface area contributed by atoms with E-state index in [9.17, 15) is 9.18 Å². The first-order valence-electron chi connectivity index (χ1n) is 8.24. The number of amides is 1. The first kappa shape index (κ1) is 16.4. The molecule has 1 aromatic carbocycles. The van der Waals surface area contributed by atoms with Crippen LogP contribution in [0.15, 0.2) is 12.1 Å². The van der Waals surface area contributed by atoms with Crippen LogP contribution in [0.2, 0.25) is 0 Å². The number of rotatable bonds is 5. The Bertz CT molecular complexity index is 559. The Morgan fingerprint density at radius 3 is 3.04 bits per heavy atom. The fourth-order valence-electron chi connectivity index (χ4n) is 3.00. The van der Waals surface area contributed by atoms with Crippen LogP contribution in [0.25, 0.3) is 0 Å². The average Bonchev–Trinajstić information content (AvgIpc) is 2.59. The van der Waals surface area contributed by atoms with Crippen LogP contribution in [0, 0.1) is 5.82 Å². The highest BCUT2D eigenvalue weighted by atomic mass is 19.1. The van der Waals surface area contributed by atoms with Crippen LogP contribution in [0.1, 0.15) is 30.4 Å². The summed E-state index contributed by atoms with van der Waals surface area (Å²) >= 11 is 0. The van der Waals surface area contributed by atoms with Crippen molar-refractivity contribution in [2.75, 3.05) is 31.7 Å². The zero-order valence-corrected chi connectivity index (χ0v) is 13.2. The van der Waals surface area contributed by atoms with E-state index in [2.05, 4.69) is 10.6 Å². The lowest BCUT2D eigenvalue weighted by molar-refractivity contribution is -0.118. The van der Waals surface area contributed by atoms with E-state index >= 15 is 0 Å². The molecule has 2 aliphatic heterocycles. The van der Waals surface area contributed by atoms with E-state index in [0.717, 1.165) is 24.9 Å². The number of anilines is 1. The van der Waals surface area contributed by atoms with Gasteiger partial charge in [0.2, 0.25) is 5.91 Å². The highest BCUT2D eigenvalue weighted by Crippen LogP contribution is 2.24. The van der Waals surface area contributed by atoms with Crippen LogP contribution in [0.5, 0.6) is 0 Å². The maximum absolute atomic E-state index is 14.4. The summed E-state index contributed by atoms with van der Waals surface area (Å²) in [4.78, 5) is 12.0. The molecule has 1 saturated heterocycles. The summed E-state index contributed by atoms with van der Waals surface area (Å²) < 4.78 is 25.4. The lowest BCUT2D eigenvalue weighted by Crippen LogP contribution is -2.26. The predicted octanol–water partition coefficient (Wildman–Crippen LogP) is 2.00. The van der Waals surface area contributed by atoms with E-state index < -0.39 is 0 Å². The standard InChI is InChI=1S/C17H23FN2O3/c18-17-14-3-7-19-11-12(14)1-2-15(17)20-16(21)6-10-23-13-4-8-22-9-5-13/h1-2,13,19H,3-11H2,(H,20,21). The van der Waals surface area contributed by atoms with Crippen LogP contribution in [-0.2, 0) is 27.2 Å². The van der Waals surface area contributed by atoms with Gasteiger partial charge in [0.1, 0.15) is 5.82 Å². The van der Waals surface area contributed by atoms with Crippen molar-refractivity contribution in [1.29, 1.82) is 0 Å². The van der Waals surface area contributed by atoms with Gasteiger partial charge in [0, 0.05) is 19.8 Å². The maximum atomic E-state index is 14.4. The van der Waals surface area contributed by atoms with Crippen molar-refractivity contribution in [2.45, 2.75) is 38.3 Å². The van der Waals surface area contributed by atoms with Crippen LogP contribution in [0.3, 0.4) is 0 Å². The van der Waals surface area contributed by atoms with E-state index in [1.54, 1.807) is 6.07 Å². The molecule has 0 atom stereocenters. The number of halogens is 1. The minimum atomic E-state index is -0.303. The molecule has 126 valence electrons. The molecule has 0 aromatic heterocycles. The molecular formula is C17H23FN2O3. The third kappa shape index (κ3) is 4.28. The van der Waals surface area contributed by atoms with Gasteiger partial charge in [-0.05, 0) is 43.0 Å². The molecule has 1 amide bonds. The molecule has 1 fully saturated rings. The topological polar surface area (TPSA) is 59.6 Å². The predicted molar refractivity (Wildman–Crippen MR) is 84.9 cm³/mol. The van der Waals surface area contributed by atoms with E-state index in [0.29, 0.717) is 38.3 Å². The Labute approximate surface area is 135 Å². The van der Waals surface area contributed by atoms with Crippen molar-refractivity contribution in [1.82, 2.24) is 5.32 Å². The third-order valence-electron chi connectivity index (χ3n) is 4.33. The average molecular weight is 322 g/mol. The molecule has 2 heterocycles. The second-order valence-corrected chi connectivity index (χ2v) is 5.97. The molecule has 23 heavy (non-hydrogen) atoms. The van der Waals surface area contributed by atoms with Crippen LogP contribution in [-0.4, -0.2) is 38.4 Å². The Kier molecular flexibility index (Phi) is 5.59. The summed E-state index contributed by atoms with van der Waals surface area (Å²) in [7, 11) is 0. The fourth-order valence-corrected chi connectivity index (χ4v) is 3.00. The van der Waals surface area contributed by atoms with Crippen molar-refractivity contribution in [3.8, 4) is 0 Å². The molecule has 0 saturated carbocycles. The normalized spacial score (nSPS) is 18.5. The van der Waals surface area contributed by atoms with Crippen LogP contribution >= 0.6 is 0 Å².